The third-order valence-corrected chi connectivity index (χ3v) is 6.04. The topological polar surface area (TPSA) is 117 Å². The van der Waals surface area contributed by atoms with E-state index in [1.807, 2.05) is 25.1 Å². The molecule has 2 amide bonds. The number of pyridine rings is 1. The first-order valence-corrected chi connectivity index (χ1v) is 10.8. The van der Waals surface area contributed by atoms with E-state index in [0.717, 1.165) is 15.8 Å². The molecule has 3 heterocycles. The number of fused-ring (bicyclic) bond motifs is 1. The number of amides is 2. The van der Waals surface area contributed by atoms with Crippen LogP contribution >= 0.6 is 22.7 Å². The van der Waals surface area contributed by atoms with Crippen molar-refractivity contribution in [1.29, 1.82) is 0 Å². The van der Waals surface area contributed by atoms with Gasteiger partial charge in [-0.05, 0) is 31.0 Å². The van der Waals surface area contributed by atoms with Gasteiger partial charge >= 0.3 is 0 Å². The number of benzene rings is 1. The molecule has 0 bridgehead atoms. The van der Waals surface area contributed by atoms with Crippen LogP contribution in [-0.4, -0.2) is 26.8 Å². The number of carbonyl (C=O) groups excluding carboxylic acids is 2. The largest absolute Gasteiger partial charge is 0.328 e. The Hall–Kier alpha value is -3.37. The van der Waals surface area contributed by atoms with Gasteiger partial charge in [0, 0.05) is 24.1 Å². The van der Waals surface area contributed by atoms with Gasteiger partial charge in [-0.3, -0.25) is 19.7 Å². The molecule has 30 heavy (non-hydrogen) atoms. The van der Waals surface area contributed by atoms with E-state index in [9.17, 15) is 14.4 Å². The summed E-state index contributed by atoms with van der Waals surface area (Å²) in [6.07, 6.45) is 2.05. The molecular formula is C20H17N5O3S2. The lowest BCUT2D eigenvalue weighted by Gasteiger charge is -2.01. The third kappa shape index (κ3) is 4.61. The molecular weight excluding hydrogens is 422 g/mol. The molecule has 0 aliphatic rings. The Balaban J connectivity index is 1.31. The lowest BCUT2D eigenvalue weighted by molar-refractivity contribution is -0.116. The maximum absolute atomic E-state index is 12.3. The summed E-state index contributed by atoms with van der Waals surface area (Å²) in [5.41, 5.74) is 2.74. The fourth-order valence-corrected chi connectivity index (χ4v) is 4.46. The van der Waals surface area contributed by atoms with Crippen molar-refractivity contribution in [2.75, 3.05) is 10.6 Å². The molecule has 0 radical (unpaired) electrons. The zero-order chi connectivity index (χ0) is 21.1. The number of H-pyrrole nitrogens is 1. The van der Waals surface area contributed by atoms with Crippen molar-refractivity contribution < 1.29 is 9.59 Å². The summed E-state index contributed by atoms with van der Waals surface area (Å²) in [5.74, 6) is -0.505. The van der Waals surface area contributed by atoms with E-state index in [4.69, 9.17) is 0 Å². The summed E-state index contributed by atoms with van der Waals surface area (Å²) in [6.45, 7) is 1.99. The molecule has 1 aromatic carbocycles. The lowest BCUT2D eigenvalue weighted by atomic mass is 10.2. The van der Waals surface area contributed by atoms with Crippen LogP contribution < -0.4 is 16.2 Å². The van der Waals surface area contributed by atoms with Crippen LogP contribution in [-0.2, 0) is 11.2 Å². The van der Waals surface area contributed by atoms with Crippen molar-refractivity contribution in [2.45, 2.75) is 19.8 Å². The van der Waals surface area contributed by atoms with E-state index < -0.39 is 0 Å². The predicted octanol–water partition coefficient (Wildman–Crippen LogP) is 3.57. The van der Waals surface area contributed by atoms with E-state index in [2.05, 4.69) is 25.6 Å². The normalized spacial score (nSPS) is 10.8. The molecule has 0 saturated heterocycles. The average molecular weight is 440 g/mol. The first-order chi connectivity index (χ1) is 14.5. The van der Waals surface area contributed by atoms with Gasteiger partial charge in [0.05, 0.1) is 21.5 Å². The van der Waals surface area contributed by atoms with Crippen molar-refractivity contribution in [3.8, 4) is 0 Å². The number of nitrogens with one attached hydrogen (secondary N) is 3. The molecule has 152 valence electrons. The highest BCUT2D eigenvalue weighted by atomic mass is 32.1. The zero-order valence-corrected chi connectivity index (χ0v) is 17.5. The monoisotopic (exact) mass is 439 g/mol. The minimum atomic E-state index is -0.365. The number of aryl methyl sites for hydroxylation is 2. The van der Waals surface area contributed by atoms with Gasteiger partial charge in [-0.25, -0.2) is 9.97 Å². The Morgan fingerprint density at radius 1 is 1.10 bits per heavy atom. The van der Waals surface area contributed by atoms with Crippen LogP contribution in [0.25, 0.3) is 10.2 Å². The van der Waals surface area contributed by atoms with Gasteiger partial charge in [0.2, 0.25) is 11.5 Å². The van der Waals surface area contributed by atoms with Gasteiger partial charge in [0.15, 0.2) is 10.3 Å². The van der Waals surface area contributed by atoms with Crippen molar-refractivity contribution in [3.05, 3.63) is 69.1 Å². The van der Waals surface area contributed by atoms with Crippen LogP contribution in [0.4, 0.5) is 10.3 Å². The standard InChI is InChI=1S/C20H17N5O3S2/c1-11-3-2-4-14-17(11)24-20(30-14)23-16(27)8-6-13-10-29-19(22-13)25-18(28)12-5-7-15(26)21-9-12/h2-5,7,9-10H,6,8H2,1H3,(H,21,26)(H,22,25,28)(H,23,24,27). The third-order valence-electron chi connectivity index (χ3n) is 4.29. The van der Waals surface area contributed by atoms with Gasteiger partial charge in [-0.15, -0.1) is 11.3 Å². The van der Waals surface area contributed by atoms with Gasteiger partial charge in [0.25, 0.3) is 5.91 Å². The van der Waals surface area contributed by atoms with Gasteiger partial charge < -0.3 is 10.3 Å². The highest BCUT2D eigenvalue weighted by Crippen LogP contribution is 2.28. The number of aromatic amines is 1. The van der Waals surface area contributed by atoms with Gasteiger partial charge in [-0.1, -0.05) is 23.5 Å². The first-order valence-electron chi connectivity index (χ1n) is 9.08. The Morgan fingerprint density at radius 2 is 1.97 bits per heavy atom. The fourth-order valence-electron chi connectivity index (χ4n) is 2.76. The Bertz CT molecular complexity index is 1270. The van der Waals surface area contributed by atoms with Crippen LogP contribution in [0.5, 0.6) is 0 Å². The van der Waals surface area contributed by atoms with Crippen LogP contribution in [0.15, 0.2) is 46.7 Å². The molecule has 4 aromatic rings. The maximum atomic E-state index is 12.3. The number of hydrogen-bond acceptors (Lipinski definition) is 7. The first kappa shape index (κ1) is 19.9. The van der Waals surface area contributed by atoms with Crippen molar-refractivity contribution in [3.63, 3.8) is 0 Å². The highest BCUT2D eigenvalue weighted by molar-refractivity contribution is 7.22. The molecule has 4 rings (SSSR count). The second kappa shape index (κ2) is 8.56. The second-order valence-corrected chi connectivity index (χ2v) is 8.42. The Morgan fingerprint density at radius 3 is 2.73 bits per heavy atom. The van der Waals surface area contributed by atoms with Crippen LogP contribution in [0.3, 0.4) is 0 Å². The summed E-state index contributed by atoms with van der Waals surface area (Å²) < 4.78 is 1.03. The Kier molecular flexibility index (Phi) is 5.68. The number of carbonyl (C=O) groups is 2. The van der Waals surface area contributed by atoms with Crippen molar-refractivity contribution in [1.82, 2.24) is 15.0 Å². The van der Waals surface area contributed by atoms with E-state index in [0.29, 0.717) is 27.9 Å². The summed E-state index contributed by atoms with van der Waals surface area (Å²) >= 11 is 2.72. The van der Waals surface area contributed by atoms with E-state index in [1.54, 1.807) is 5.38 Å². The number of nitrogens with zero attached hydrogens (tertiary/aromatic N) is 2. The molecule has 0 aliphatic heterocycles. The minimum Gasteiger partial charge on any atom is -0.328 e. The summed E-state index contributed by atoms with van der Waals surface area (Å²) in [5, 5.41) is 8.34. The molecule has 3 N–H and O–H groups in total. The van der Waals surface area contributed by atoms with E-state index >= 15 is 0 Å². The molecule has 8 nitrogen and oxygen atoms in total. The molecule has 0 unspecified atom stereocenters. The summed E-state index contributed by atoms with van der Waals surface area (Å²) in [6, 6.07) is 8.67. The molecule has 10 heteroatoms. The number of aromatic nitrogens is 3. The maximum Gasteiger partial charge on any atom is 0.258 e. The average Bonchev–Trinajstić information content (AvgIpc) is 3.34. The number of para-hydroxylation sites is 1. The van der Waals surface area contributed by atoms with Crippen LogP contribution in [0, 0.1) is 6.92 Å². The number of thiazole rings is 2. The number of anilines is 2. The van der Waals surface area contributed by atoms with Crippen molar-refractivity contribution >= 4 is 55.0 Å². The second-order valence-electron chi connectivity index (χ2n) is 6.53. The lowest BCUT2D eigenvalue weighted by Crippen LogP contribution is -2.14. The summed E-state index contributed by atoms with van der Waals surface area (Å²) in [4.78, 5) is 46.8. The fraction of sp³-hybridized carbons (Fsp3) is 0.150. The molecule has 3 aromatic heterocycles. The number of rotatable bonds is 6. The molecule has 0 atom stereocenters. The highest BCUT2D eigenvalue weighted by Gasteiger charge is 2.12. The smallest absolute Gasteiger partial charge is 0.258 e. The molecule has 0 spiro atoms. The SMILES string of the molecule is Cc1cccc2sc(NC(=O)CCc3csc(NC(=O)c4ccc(=O)[nH]c4)n3)nc12. The zero-order valence-electron chi connectivity index (χ0n) is 15.9. The summed E-state index contributed by atoms with van der Waals surface area (Å²) in [7, 11) is 0. The Labute approximate surface area is 179 Å². The van der Waals surface area contributed by atoms with Gasteiger partial charge in [0.1, 0.15) is 0 Å². The minimum absolute atomic E-state index is 0.140. The van der Waals surface area contributed by atoms with Gasteiger partial charge in [-0.2, -0.15) is 0 Å². The number of hydrogen-bond donors (Lipinski definition) is 3. The molecule has 0 fully saturated rings. The van der Waals surface area contributed by atoms with E-state index in [-0.39, 0.29) is 23.8 Å². The predicted molar refractivity (Wildman–Crippen MR) is 118 cm³/mol. The van der Waals surface area contributed by atoms with Crippen LogP contribution in [0.2, 0.25) is 0 Å². The van der Waals surface area contributed by atoms with Crippen LogP contribution in [0.1, 0.15) is 28.0 Å². The molecule has 0 aliphatic carbocycles. The molecule has 0 saturated carbocycles. The van der Waals surface area contributed by atoms with Crippen molar-refractivity contribution in [2.24, 2.45) is 0 Å². The van der Waals surface area contributed by atoms with E-state index in [1.165, 1.54) is 41.0 Å². The quantitative estimate of drug-likeness (QED) is 0.425.